The standard InChI is InChI=1S/C20H17N7O5S2/c1-2-18-23-24-20(33-18)25-34(31,32)16-9-5-14(6-10-16)22-19(28)13-3-7-15(8-4-13)26-11-17(21-12-26)27(29)30/h3-12H,2H2,1H3,(H,22,28)(H,24,25). The van der Waals surface area contributed by atoms with Crippen molar-refractivity contribution in [3.05, 3.63) is 81.7 Å². The summed E-state index contributed by atoms with van der Waals surface area (Å²) in [6.45, 7) is 1.90. The fourth-order valence-corrected chi connectivity index (χ4v) is 4.77. The molecule has 0 fully saturated rings. The van der Waals surface area contributed by atoms with Gasteiger partial charge in [-0.2, -0.15) is 0 Å². The third-order valence-corrected chi connectivity index (χ3v) is 7.06. The maximum absolute atomic E-state index is 12.5. The Morgan fingerprint density at radius 2 is 1.82 bits per heavy atom. The smallest absolute Gasteiger partial charge is 0.358 e. The van der Waals surface area contributed by atoms with Gasteiger partial charge in [-0.25, -0.2) is 8.42 Å². The third kappa shape index (κ3) is 5.07. The van der Waals surface area contributed by atoms with E-state index in [1.165, 1.54) is 41.4 Å². The van der Waals surface area contributed by atoms with Crippen LogP contribution in [0.5, 0.6) is 0 Å². The van der Waals surface area contributed by atoms with E-state index >= 15 is 0 Å². The van der Waals surface area contributed by atoms with Crippen LogP contribution >= 0.6 is 11.3 Å². The number of anilines is 2. The molecule has 34 heavy (non-hydrogen) atoms. The van der Waals surface area contributed by atoms with Gasteiger partial charge >= 0.3 is 5.82 Å². The summed E-state index contributed by atoms with van der Waals surface area (Å²) in [6, 6.07) is 12.1. The molecule has 2 aromatic heterocycles. The van der Waals surface area contributed by atoms with Crippen LogP contribution in [0.15, 0.2) is 66.0 Å². The first-order chi connectivity index (χ1) is 16.2. The number of carbonyl (C=O) groups excluding carboxylic acids is 1. The maximum atomic E-state index is 12.5. The summed E-state index contributed by atoms with van der Waals surface area (Å²) >= 11 is 1.16. The largest absolute Gasteiger partial charge is 0.381 e. The van der Waals surface area contributed by atoms with Crippen molar-refractivity contribution in [3.8, 4) is 5.69 Å². The molecule has 2 aromatic carbocycles. The van der Waals surface area contributed by atoms with E-state index in [0.717, 1.165) is 16.3 Å². The van der Waals surface area contributed by atoms with Crippen LogP contribution < -0.4 is 10.0 Å². The number of benzene rings is 2. The summed E-state index contributed by atoms with van der Waals surface area (Å²) in [5.41, 5.74) is 1.35. The fourth-order valence-electron chi connectivity index (χ4n) is 2.87. The summed E-state index contributed by atoms with van der Waals surface area (Å²) < 4.78 is 28.9. The minimum absolute atomic E-state index is 0.0116. The van der Waals surface area contributed by atoms with Gasteiger partial charge in [0.15, 0.2) is 0 Å². The average molecular weight is 500 g/mol. The molecule has 0 aliphatic carbocycles. The van der Waals surface area contributed by atoms with E-state index in [1.807, 2.05) is 6.92 Å². The summed E-state index contributed by atoms with van der Waals surface area (Å²) in [6.07, 6.45) is 3.24. The summed E-state index contributed by atoms with van der Waals surface area (Å²) in [5, 5.41) is 22.1. The second-order valence-electron chi connectivity index (χ2n) is 6.88. The van der Waals surface area contributed by atoms with Gasteiger partial charge in [0.05, 0.1) is 4.90 Å². The van der Waals surface area contributed by atoms with Crippen LogP contribution in [0.2, 0.25) is 0 Å². The van der Waals surface area contributed by atoms with Crippen LogP contribution in [-0.4, -0.2) is 39.0 Å². The van der Waals surface area contributed by atoms with Crippen LogP contribution in [0.25, 0.3) is 5.69 Å². The van der Waals surface area contributed by atoms with Crippen molar-refractivity contribution in [2.45, 2.75) is 18.2 Å². The van der Waals surface area contributed by atoms with E-state index < -0.39 is 20.9 Å². The van der Waals surface area contributed by atoms with Crippen LogP contribution in [0.3, 0.4) is 0 Å². The highest BCUT2D eigenvalue weighted by atomic mass is 32.2. The third-order valence-electron chi connectivity index (χ3n) is 4.60. The first-order valence-corrected chi connectivity index (χ1v) is 12.1. The van der Waals surface area contributed by atoms with Gasteiger partial charge < -0.3 is 15.4 Å². The molecule has 2 N–H and O–H groups in total. The van der Waals surface area contributed by atoms with E-state index in [0.29, 0.717) is 23.4 Å². The maximum Gasteiger partial charge on any atom is 0.381 e. The number of hydrogen-bond acceptors (Lipinski definition) is 9. The number of imidazole rings is 1. The van der Waals surface area contributed by atoms with E-state index in [1.54, 1.807) is 24.3 Å². The number of nitro groups is 1. The lowest BCUT2D eigenvalue weighted by Gasteiger charge is -2.08. The molecule has 4 rings (SSSR count). The number of nitrogens with zero attached hydrogens (tertiary/aromatic N) is 5. The molecule has 14 heteroatoms. The fraction of sp³-hybridized carbons (Fsp3) is 0.100. The molecule has 0 saturated heterocycles. The van der Waals surface area contributed by atoms with Crippen LogP contribution in [0.1, 0.15) is 22.3 Å². The van der Waals surface area contributed by atoms with Gasteiger partial charge in [-0.15, -0.1) is 10.2 Å². The Bertz CT molecular complexity index is 1450. The molecule has 2 heterocycles. The Morgan fingerprint density at radius 3 is 2.41 bits per heavy atom. The van der Waals surface area contributed by atoms with E-state index in [2.05, 4.69) is 25.2 Å². The number of rotatable bonds is 8. The van der Waals surface area contributed by atoms with Gasteiger partial charge in [0, 0.05) is 16.9 Å². The molecular formula is C20H17N7O5S2. The molecule has 0 spiro atoms. The summed E-state index contributed by atoms with van der Waals surface area (Å²) in [5.74, 6) is -0.686. The highest BCUT2D eigenvalue weighted by Gasteiger charge is 2.17. The van der Waals surface area contributed by atoms with Gasteiger partial charge in [0.1, 0.15) is 11.2 Å². The zero-order valence-corrected chi connectivity index (χ0v) is 19.2. The second-order valence-corrected chi connectivity index (χ2v) is 9.63. The minimum atomic E-state index is -3.84. The minimum Gasteiger partial charge on any atom is -0.358 e. The molecule has 0 saturated carbocycles. The van der Waals surface area contributed by atoms with Crippen molar-refractivity contribution in [2.75, 3.05) is 10.0 Å². The Hall–Kier alpha value is -4.17. The van der Waals surface area contributed by atoms with Crippen molar-refractivity contribution in [1.29, 1.82) is 0 Å². The Morgan fingerprint density at radius 1 is 1.12 bits per heavy atom. The summed E-state index contributed by atoms with van der Waals surface area (Å²) in [7, 11) is -3.84. The second kappa shape index (κ2) is 9.36. The quantitative estimate of drug-likeness (QED) is 0.276. The lowest BCUT2D eigenvalue weighted by atomic mass is 10.2. The number of amides is 1. The number of aryl methyl sites for hydroxylation is 1. The molecule has 0 bridgehead atoms. The Labute approximate surface area is 197 Å². The van der Waals surface area contributed by atoms with E-state index in [4.69, 9.17) is 0 Å². The van der Waals surface area contributed by atoms with Gasteiger partial charge in [-0.05, 0) is 64.9 Å². The number of carbonyl (C=O) groups is 1. The summed E-state index contributed by atoms with van der Waals surface area (Å²) in [4.78, 5) is 26.4. The molecule has 0 radical (unpaired) electrons. The number of sulfonamides is 1. The molecule has 4 aromatic rings. The first-order valence-electron chi connectivity index (χ1n) is 9.80. The molecule has 0 aliphatic heterocycles. The predicted octanol–water partition coefficient (Wildman–Crippen LogP) is 3.25. The number of aromatic nitrogens is 4. The monoisotopic (exact) mass is 499 g/mol. The number of hydrogen-bond donors (Lipinski definition) is 2. The molecule has 0 atom stereocenters. The van der Waals surface area contributed by atoms with E-state index in [9.17, 15) is 23.3 Å². The van der Waals surface area contributed by atoms with Crippen molar-refractivity contribution in [3.63, 3.8) is 0 Å². The van der Waals surface area contributed by atoms with Gasteiger partial charge in [0.2, 0.25) is 11.5 Å². The molecule has 1 amide bonds. The van der Waals surface area contributed by atoms with E-state index in [-0.39, 0.29) is 15.8 Å². The van der Waals surface area contributed by atoms with Gasteiger partial charge in [-0.3, -0.25) is 14.1 Å². The van der Waals surface area contributed by atoms with Gasteiger partial charge in [-0.1, -0.05) is 18.3 Å². The topological polar surface area (TPSA) is 162 Å². The SMILES string of the molecule is CCc1nnc(NS(=O)(=O)c2ccc(NC(=O)c3ccc(-n4cnc([N+](=O)[O-])c4)cc3)cc2)s1. The Kier molecular flexibility index (Phi) is 6.34. The highest BCUT2D eigenvalue weighted by molar-refractivity contribution is 7.93. The van der Waals surface area contributed by atoms with Crippen molar-refractivity contribution in [1.82, 2.24) is 19.7 Å². The van der Waals surface area contributed by atoms with Crippen LogP contribution in [0.4, 0.5) is 16.6 Å². The average Bonchev–Trinajstić information content (AvgIpc) is 3.49. The van der Waals surface area contributed by atoms with Crippen molar-refractivity contribution < 1.29 is 18.1 Å². The van der Waals surface area contributed by atoms with Crippen LogP contribution in [0, 0.1) is 10.1 Å². The zero-order chi connectivity index (χ0) is 24.3. The van der Waals surface area contributed by atoms with Crippen molar-refractivity contribution >= 4 is 43.9 Å². The molecular weight excluding hydrogens is 482 g/mol. The lowest BCUT2D eigenvalue weighted by molar-refractivity contribution is -0.389. The molecule has 174 valence electrons. The van der Waals surface area contributed by atoms with Gasteiger partial charge in [0.25, 0.3) is 15.9 Å². The lowest BCUT2D eigenvalue weighted by Crippen LogP contribution is -2.14. The zero-order valence-electron chi connectivity index (χ0n) is 17.6. The first kappa shape index (κ1) is 23.0. The Balaban J connectivity index is 1.41. The normalized spacial score (nSPS) is 11.2. The number of nitrogens with one attached hydrogen (secondary N) is 2. The van der Waals surface area contributed by atoms with Crippen molar-refractivity contribution in [2.24, 2.45) is 0 Å². The predicted molar refractivity (Wildman–Crippen MR) is 125 cm³/mol. The highest BCUT2D eigenvalue weighted by Crippen LogP contribution is 2.22. The molecule has 0 unspecified atom stereocenters. The molecule has 0 aliphatic rings. The van der Waals surface area contributed by atoms with Crippen LogP contribution in [-0.2, 0) is 16.4 Å². The molecule has 12 nitrogen and oxygen atoms in total.